The minimum absolute atomic E-state index is 0.222. The Morgan fingerprint density at radius 1 is 1.36 bits per heavy atom. The van der Waals surface area contributed by atoms with Crippen LogP contribution in [0.5, 0.6) is 0 Å². The molecule has 2 aromatic rings. The molecule has 1 aliphatic carbocycles. The highest BCUT2D eigenvalue weighted by Gasteiger charge is 2.51. The van der Waals surface area contributed by atoms with Crippen LogP contribution in [0.15, 0.2) is 29.7 Å². The molecule has 0 radical (unpaired) electrons. The molecule has 1 saturated carbocycles. The zero-order valence-electron chi connectivity index (χ0n) is 15.7. The molecule has 3 nitrogen and oxygen atoms in total. The molecule has 134 valence electrons. The molecule has 4 rings (SSSR count). The van der Waals surface area contributed by atoms with Gasteiger partial charge in [0, 0.05) is 24.5 Å². The minimum atomic E-state index is 0.222. The van der Waals surface area contributed by atoms with E-state index in [2.05, 4.69) is 59.9 Å². The van der Waals surface area contributed by atoms with E-state index in [0.717, 1.165) is 31.6 Å². The number of hydrogen-bond donors (Lipinski definition) is 0. The van der Waals surface area contributed by atoms with E-state index < -0.39 is 0 Å². The third kappa shape index (κ3) is 2.84. The van der Waals surface area contributed by atoms with E-state index in [9.17, 15) is 4.79 Å². The van der Waals surface area contributed by atoms with Gasteiger partial charge in [0.2, 0.25) is 0 Å². The number of nitrogens with zero attached hydrogens (tertiary/aromatic N) is 2. The first kappa shape index (κ1) is 16.9. The molecule has 1 aliphatic heterocycles. The predicted octanol–water partition coefficient (Wildman–Crippen LogP) is 5.32. The van der Waals surface area contributed by atoms with E-state index in [1.165, 1.54) is 16.6 Å². The fraction of sp³-hybridized carbons (Fsp3) is 0.571. The van der Waals surface area contributed by atoms with Crippen LogP contribution in [0.2, 0.25) is 0 Å². The Kier molecular flexibility index (Phi) is 3.87. The lowest BCUT2D eigenvalue weighted by Gasteiger charge is -2.39. The number of hydrogen-bond acceptors (Lipinski definition) is 2. The minimum Gasteiger partial charge on any atom is -0.334 e. The van der Waals surface area contributed by atoms with Crippen LogP contribution in [0.3, 0.4) is 0 Å². The summed E-state index contributed by atoms with van der Waals surface area (Å²) in [7, 11) is 0. The highest BCUT2D eigenvalue weighted by Crippen LogP contribution is 2.52. The zero-order valence-corrected chi connectivity index (χ0v) is 16.5. The Labute approximate surface area is 154 Å². The van der Waals surface area contributed by atoms with Gasteiger partial charge >= 0.3 is 0 Å². The number of carbonyl (C=O) groups is 1. The third-order valence-electron chi connectivity index (χ3n) is 5.92. The number of rotatable bonds is 3. The van der Waals surface area contributed by atoms with Gasteiger partial charge < -0.3 is 9.47 Å². The topological polar surface area (TPSA) is 25.2 Å². The molecule has 1 amide bonds. The molecule has 0 spiro atoms. The molecule has 2 unspecified atom stereocenters. The monoisotopic (exact) mass is 356 g/mol. The predicted molar refractivity (Wildman–Crippen MR) is 105 cm³/mol. The fourth-order valence-electron chi connectivity index (χ4n) is 5.39. The molecule has 25 heavy (non-hydrogen) atoms. The molecule has 2 fully saturated rings. The Balaban J connectivity index is 1.70. The molecule has 2 aliphatic rings. The van der Waals surface area contributed by atoms with E-state index in [1.807, 2.05) is 6.92 Å². The first-order valence-corrected chi connectivity index (χ1v) is 10.2. The van der Waals surface area contributed by atoms with Crippen molar-refractivity contribution in [3.8, 4) is 0 Å². The molecule has 4 heteroatoms. The van der Waals surface area contributed by atoms with Crippen molar-refractivity contribution in [2.24, 2.45) is 10.8 Å². The van der Waals surface area contributed by atoms with Crippen molar-refractivity contribution < 1.29 is 4.79 Å². The summed E-state index contributed by atoms with van der Waals surface area (Å²) in [5.74, 6) is 0.222. The van der Waals surface area contributed by atoms with Gasteiger partial charge in [-0.15, -0.1) is 11.3 Å². The molecule has 0 N–H and O–H groups in total. The highest BCUT2D eigenvalue weighted by atomic mass is 32.1. The Hall–Kier alpha value is -1.55. The van der Waals surface area contributed by atoms with Crippen molar-refractivity contribution >= 4 is 27.5 Å². The second-order valence-electron chi connectivity index (χ2n) is 9.04. The van der Waals surface area contributed by atoms with E-state index >= 15 is 0 Å². The van der Waals surface area contributed by atoms with Gasteiger partial charge in [-0.3, -0.25) is 4.79 Å². The normalized spacial score (nSPS) is 28.3. The fourth-order valence-corrected chi connectivity index (χ4v) is 6.30. The average molecular weight is 357 g/mol. The summed E-state index contributed by atoms with van der Waals surface area (Å²) in [6, 6.07) is 4.60. The van der Waals surface area contributed by atoms with Gasteiger partial charge in [-0.1, -0.05) is 32.9 Å². The number of likely N-dealkylation sites (tertiary alicyclic amines) is 1. The summed E-state index contributed by atoms with van der Waals surface area (Å²) >= 11 is 1.72. The molecule has 2 bridgehead atoms. The van der Waals surface area contributed by atoms with Crippen molar-refractivity contribution in [1.29, 1.82) is 0 Å². The first-order chi connectivity index (χ1) is 11.8. The van der Waals surface area contributed by atoms with Crippen LogP contribution in [0.25, 0.3) is 10.2 Å². The number of thiophene rings is 1. The second kappa shape index (κ2) is 5.73. The van der Waals surface area contributed by atoms with Gasteiger partial charge in [0.1, 0.15) is 10.5 Å². The van der Waals surface area contributed by atoms with Crippen LogP contribution in [-0.4, -0.2) is 28.0 Å². The van der Waals surface area contributed by atoms with Crippen LogP contribution in [-0.2, 0) is 6.54 Å². The maximum Gasteiger partial charge on any atom is 0.270 e. The summed E-state index contributed by atoms with van der Waals surface area (Å²) in [6.07, 6.45) is 7.68. The van der Waals surface area contributed by atoms with Crippen molar-refractivity contribution in [3.05, 3.63) is 35.4 Å². The maximum absolute atomic E-state index is 13.5. The summed E-state index contributed by atoms with van der Waals surface area (Å²) in [4.78, 5) is 16.9. The largest absolute Gasteiger partial charge is 0.334 e. The number of allylic oxidation sites excluding steroid dienone is 2. The van der Waals surface area contributed by atoms with E-state index in [-0.39, 0.29) is 11.3 Å². The number of carbonyl (C=O) groups excluding carboxylic acids is 1. The standard InChI is InChI=1S/C21H28N2OS/c1-5-6-8-22-17(10-15-7-9-25-19(15)22)18(24)23-14-21(4)12-16(23)11-20(2,3)13-21/h5-7,9-10,16H,8,11-14H2,1-4H3/b6-5-. The number of fused-ring (bicyclic) bond motifs is 3. The van der Waals surface area contributed by atoms with Crippen molar-refractivity contribution in [1.82, 2.24) is 9.47 Å². The quantitative estimate of drug-likeness (QED) is 0.683. The van der Waals surface area contributed by atoms with Gasteiger partial charge in [-0.25, -0.2) is 0 Å². The van der Waals surface area contributed by atoms with Gasteiger partial charge in [-0.2, -0.15) is 0 Å². The zero-order chi connectivity index (χ0) is 17.8. The molecular weight excluding hydrogens is 328 g/mol. The van der Waals surface area contributed by atoms with Gasteiger partial charge in [0.25, 0.3) is 5.91 Å². The third-order valence-corrected chi connectivity index (χ3v) is 6.87. The second-order valence-corrected chi connectivity index (χ2v) is 9.93. The average Bonchev–Trinajstić information content (AvgIpc) is 3.15. The van der Waals surface area contributed by atoms with Crippen LogP contribution in [0.4, 0.5) is 0 Å². The van der Waals surface area contributed by atoms with Crippen LogP contribution in [0, 0.1) is 10.8 Å². The van der Waals surface area contributed by atoms with Gasteiger partial charge in [0.15, 0.2) is 0 Å². The molecular formula is C21H28N2OS. The molecule has 0 aromatic carbocycles. The number of aromatic nitrogens is 1. The van der Waals surface area contributed by atoms with Crippen molar-refractivity contribution in [2.45, 2.75) is 59.5 Å². The molecule has 2 aromatic heterocycles. The lowest BCUT2D eigenvalue weighted by Crippen LogP contribution is -2.38. The SMILES string of the molecule is C/C=C\Cn1c(C(=O)N2CC3(C)CC2CC(C)(C)C3)cc2ccsc21. The molecule has 1 saturated heterocycles. The Morgan fingerprint density at radius 2 is 2.16 bits per heavy atom. The molecule has 2 atom stereocenters. The molecule has 3 heterocycles. The van der Waals surface area contributed by atoms with Crippen molar-refractivity contribution in [3.63, 3.8) is 0 Å². The van der Waals surface area contributed by atoms with Crippen LogP contribution < -0.4 is 0 Å². The van der Waals surface area contributed by atoms with Crippen LogP contribution >= 0.6 is 11.3 Å². The summed E-state index contributed by atoms with van der Waals surface area (Å²) in [6.45, 7) is 10.8. The Bertz CT molecular complexity index is 843. The summed E-state index contributed by atoms with van der Waals surface area (Å²) < 4.78 is 2.19. The van der Waals surface area contributed by atoms with Gasteiger partial charge in [-0.05, 0) is 54.5 Å². The summed E-state index contributed by atoms with van der Waals surface area (Å²) in [5, 5.41) is 3.30. The van der Waals surface area contributed by atoms with Crippen LogP contribution in [0.1, 0.15) is 57.4 Å². The smallest absolute Gasteiger partial charge is 0.270 e. The first-order valence-electron chi connectivity index (χ1n) is 9.31. The lowest BCUT2D eigenvalue weighted by molar-refractivity contribution is 0.0698. The van der Waals surface area contributed by atoms with Gasteiger partial charge in [0.05, 0.1) is 0 Å². The van der Waals surface area contributed by atoms with E-state index in [1.54, 1.807) is 11.3 Å². The van der Waals surface area contributed by atoms with Crippen molar-refractivity contribution in [2.75, 3.05) is 6.54 Å². The van der Waals surface area contributed by atoms with E-state index in [4.69, 9.17) is 0 Å². The summed E-state index contributed by atoms with van der Waals surface area (Å²) in [5.41, 5.74) is 1.47. The maximum atomic E-state index is 13.5. The number of amides is 1. The van der Waals surface area contributed by atoms with E-state index in [0.29, 0.717) is 11.5 Å². The lowest BCUT2D eigenvalue weighted by atomic mass is 9.65. The highest BCUT2D eigenvalue weighted by molar-refractivity contribution is 7.16. The Morgan fingerprint density at radius 3 is 2.92 bits per heavy atom.